The number of amides is 1. The summed E-state index contributed by atoms with van der Waals surface area (Å²) in [5, 5.41) is 10.7. The van der Waals surface area contributed by atoms with Crippen LogP contribution in [0.25, 0.3) is 11.3 Å². The van der Waals surface area contributed by atoms with Crippen molar-refractivity contribution in [3.63, 3.8) is 0 Å². The number of rotatable bonds is 6. The first-order chi connectivity index (χ1) is 14.5. The van der Waals surface area contributed by atoms with Crippen LogP contribution in [0.4, 0.5) is 11.5 Å². The van der Waals surface area contributed by atoms with Gasteiger partial charge < -0.3 is 19.9 Å². The van der Waals surface area contributed by atoms with E-state index in [1.807, 2.05) is 73.6 Å². The molecule has 0 spiro atoms. The minimum Gasteiger partial charge on any atom is -0.497 e. The third-order valence-electron chi connectivity index (χ3n) is 5.44. The Morgan fingerprint density at radius 2 is 2.00 bits per heavy atom. The van der Waals surface area contributed by atoms with Gasteiger partial charge >= 0.3 is 0 Å². The second-order valence-electron chi connectivity index (χ2n) is 7.72. The molecule has 3 aromatic rings. The molecular formula is C23H27N5O2. The van der Waals surface area contributed by atoms with Crippen LogP contribution in [-0.4, -0.2) is 56.4 Å². The summed E-state index contributed by atoms with van der Waals surface area (Å²) in [4.78, 5) is 16.9. The minimum absolute atomic E-state index is 0.0356. The molecule has 0 unspecified atom stereocenters. The van der Waals surface area contributed by atoms with Gasteiger partial charge in [0.1, 0.15) is 5.75 Å². The van der Waals surface area contributed by atoms with Crippen molar-refractivity contribution < 1.29 is 9.53 Å². The lowest BCUT2D eigenvalue weighted by atomic mass is 10.1. The lowest BCUT2D eigenvalue weighted by Crippen LogP contribution is -2.37. The second-order valence-corrected chi connectivity index (χ2v) is 7.72. The third kappa shape index (κ3) is 4.25. The SMILES string of the molecule is COc1ccc(-c2cc(N3CC[C@H](NC(=O)c4cccc(N(C)C)c4)C3)n[nH]2)cc1. The summed E-state index contributed by atoms with van der Waals surface area (Å²) in [5.41, 5.74) is 3.71. The number of carbonyl (C=O) groups is 1. The van der Waals surface area contributed by atoms with Crippen LogP contribution in [-0.2, 0) is 0 Å². The van der Waals surface area contributed by atoms with E-state index < -0.39 is 0 Å². The van der Waals surface area contributed by atoms with Crippen LogP contribution in [0.15, 0.2) is 54.6 Å². The van der Waals surface area contributed by atoms with Gasteiger partial charge in [-0.15, -0.1) is 0 Å². The number of methoxy groups -OCH3 is 1. The Kier molecular flexibility index (Phi) is 5.61. The quantitative estimate of drug-likeness (QED) is 0.659. The van der Waals surface area contributed by atoms with E-state index in [1.54, 1.807) is 7.11 Å². The van der Waals surface area contributed by atoms with Gasteiger partial charge in [0.15, 0.2) is 5.82 Å². The zero-order valence-corrected chi connectivity index (χ0v) is 17.6. The Labute approximate surface area is 176 Å². The molecule has 7 heteroatoms. The van der Waals surface area contributed by atoms with E-state index in [-0.39, 0.29) is 11.9 Å². The Bertz CT molecular complexity index is 1010. The standard InChI is InChI=1S/C23H27N5O2/c1-27(2)19-6-4-5-17(13-19)23(29)24-18-11-12-28(15-18)22-14-21(25-26-22)16-7-9-20(30-3)10-8-16/h4-10,13-14,18H,11-12,15H2,1-3H3,(H,24,29)(H,25,26)/t18-/m0/s1. The summed E-state index contributed by atoms with van der Waals surface area (Å²) < 4.78 is 5.21. The number of carbonyl (C=O) groups excluding carboxylic acids is 1. The molecule has 30 heavy (non-hydrogen) atoms. The van der Waals surface area contributed by atoms with Gasteiger partial charge in [0, 0.05) is 50.5 Å². The average Bonchev–Trinajstić information content (AvgIpc) is 3.43. The monoisotopic (exact) mass is 405 g/mol. The third-order valence-corrected chi connectivity index (χ3v) is 5.44. The van der Waals surface area contributed by atoms with Crippen molar-refractivity contribution in [3.8, 4) is 17.0 Å². The Hall–Kier alpha value is -3.48. The summed E-state index contributed by atoms with van der Waals surface area (Å²) >= 11 is 0. The fraction of sp³-hybridized carbons (Fsp3) is 0.304. The number of aromatic nitrogens is 2. The Morgan fingerprint density at radius 1 is 1.20 bits per heavy atom. The van der Waals surface area contributed by atoms with Crippen molar-refractivity contribution in [2.24, 2.45) is 0 Å². The molecule has 0 radical (unpaired) electrons. The van der Waals surface area contributed by atoms with Crippen molar-refractivity contribution in [1.29, 1.82) is 0 Å². The molecule has 2 aromatic carbocycles. The Balaban J connectivity index is 1.38. The minimum atomic E-state index is -0.0356. The lowest BCUT2D eigenvalue weighted by Gasteiger charge is -2.17. The zero-order valence-electron chi connectivity index (χ0n) is 17.6. The molecule has 0 bridgehead atoms. The molecule has 1 atom stereocenters. The maximum atomic E-state index is 12.7. The smallest absolute Gasteiger partial charge is 0.251 e. The van der Waals surface area contributed by atoms with Crippen molar-refractivity contribution in [3.05, 3.63) is 60.2 Å². The van der Waals surface area contributed by atoms with Gasteiger partial charge in [-0.3, -0.25) is 9.89 Å². The molecule has 1 fully saturated rings. The maximum absolute atomic E-state index is 12.7. The predicted molar refractivity (Wildman–Crippen MR) is 119 cm³/mol. The molecule has 1 aliphatic rings. The van der Waals surface area contributed by atoms with Gasteiger partial charge in [-0.05, 0) is 54.4 Å². The van der Waals surface area contributed by atoms with E-state index in [9.17, 15) is 4.79 Å². The fourth-order valence-electron chi connectivity index (χ4n) is 3.67. The number of nitrogens with zero attached hydrogens (tertiary/aromatic N) is 3. The summed E-state index contributed by atoms with van der Waals surface area (Å²) in [7, 11) is 5.59. The van der Waals surface area contributed by atoms with Gasteiger partial charge in [0.25, 0.3) is 5.91 Å². The summed E-state index contributed by atoms with van der Waals surface area (Å²) in [6.45, 7) is 1.60. The summed E-state index contributed by atoms with van der Waals surface area (Å²) in [5.74, 6) is 1.69. The van der Waals surface area contributed by atoms with Crippen LogP contribution in [0, 0.1) is 0 Å². The number of H-pyrrole nitrogens is 1. The first kappa shape index (κ1) is 19.8. The molecule has 2 N–H and O–H groups in total. The number of hydrogen-bond acceptors (Lipinski definition) is 5. The van der Waals surface area contributed by atoms with E-state index in [0.29, 0.717) is 5.56 Å². The highest BCUT2D eigenvalue weighted by Crippen LogP contribution is 2.26. The van der Waals surface area contributed by atoms with Gasteiger partial charge in [0.05, 0.1) is 12.8 Å². The molecule has 2 heterocycles. The first-order valence-corrected chi connectivity index (χ1v) is 10.1. The molecule has 4 rings (SSSR count). The van der Waals surface area contributed by atoms with Crippen molar-refractivity contribution in [2.75, 3.05) is 44.1 Å². The highest BCUT2D eigenvalue weighted by molar-refractivity contribution is 5.95. The van der Waals surface area contributed by atoms with E-state index in [0.717, 1.165) is 48.0 Å². The Morgan fingerprint density at radius 3 is 2.73 bits per heavy atom. The molecule has 7 nitrogen and oxygen atoms in total. The molecule has 1 aromatic heterocycles. The molecular weight excluding hydrogens is 378 g/mol. The van der Waals surface area contributed by atoms with Crippen LogP contribution in [0.1, 0.15) is 16.8 Å². The highest BCUT2D eigenvalue weighted by atomic mass is 16.5. The van der Waals surface area contributed by atoms with E-state index in [1.165, 1.54) is 0 Å². The van der Waals surface area contributed by atoms with Gasteiger partial charge in [-0.1, -0.05) is 6.07 Å². The predicted octanol–water partition coefficient (Wildman–Crippen LogP) is 3.16. The normalized spacial score (nSPS) is 15.8. The van der Waals surface area contributed by atoms with E-state index in [4.69, 9.17) is 4.74 Å². The van der Waals surface area contributed by atoms with Crippen LogP contribution < -0.4 is 19.9 Å². The molecule has 1 amide bonds. The van der Waals surface area contributed by atoms with Crippen LogP contribution >= 0.6 is 0 Å². The topological polar surface area (TPSA) is 73.5 Å². The summed E-state index contributed by atoms with van der Waals surface area (Å²) in [6, 6.07) is 17.7. The number of ether oxygens (including phenoxy) is 1. The first-order valence-electron chi connectivity index (χ1n) is 10.1. The van der Waals surface area contributed by atoms with Crippen molar-refractivity contribution in [2.45, 2.75) is 12.5 Å². The second kappa shape index (κ2) is 8.49. The van der Waals surface area contributed by atoms with Crippen LogP contribution in [0.5, 0.6) is 5.75 Å². The van der Waals surface area contributed by atoms with Gasteiger partial charge in [-0.25, -0.2) is 0 Å². The molecule has 1 aliphatic heterocycles. The summed E-state index contributed by atoms with van der Waals surface area (Å²) in [6.07, 6.45) is 0.893. The average molecular weight is 406 g/mol. The van der Waals surface area contributed by atoms with Crippen molar-refractivity contribution in [1.82, 2.24) is 15.5 Å². The number of benzene rings is 2. The van der Waals surface area contributed by atoms with Crippen LogP contribution in [0.2, 0.25) is 0 Å². The zero-order chi connectivity index (χ0) is 21.1. The maximum Gasteiger partial charge on any atom is 0.251 e. The number of hydrogen-bond donors (Lipinski definition) is 2. The largest absolute Gasteiger partial charge is 0.497 e. The molecule has 0 aliphatic carbocycles. The van der Waals surface area contributed by atoms with E-state index in [2.05, 4.69) is 20.4 Å². The number of aromatic amines is 1. The molecule has 0 saturated carbocycles. The van der Waals surface area contributed by atoms with Gasteiger partial charge in [-0.2, -0.15) is 5.10 Å². The van der Waals surface area contributed by atoms with Gasteiger partial charge in [0.2, 0.25) is 0 Å². The number of anilines is 2. The van der Waals surface area contributed by atoms with Crippen LogP contribution in [0.3, 0.4) is 0 Å². The fourth-order valence-corrected chi connectivity index (χ4v) is 3.67. The highest BCUT2D eigenvalue weighted by Gasteiger charge is 2.26. The molecule has 1 saturated heterocycles. The number of nitrogens with one attached hydrogen (secondary N) is 2. The van der Waals surface area contributed by atoms with E-state index >= 15 is 0 Å². The molecule has 156 valence electrons. The lowest BCUT2D eigenvalue weighted by molar-refractivity contribution is 0.0940. The van der Waals surface area contributed by atoms with Crippen molar-refractivity contribution >= 4 is 17.4 Å².